The minimum atomic E-state index is -0.190. The van der Waals surface area contributed by atoms with Crippen LogP contribution in [0.25, 0.3) is 23.0 Å². The number of carbonyl (C=O) groups excluding carboxylic acids is 1. The Labute approximate surface area is 165 Å². The Morgan fingerprint density at radius 2 is 1.92 bits per heavy atom. The number of anilines is 1. The van der Waals surface area contributed by atoms with Crippen molar-refractivity contribution in [2.45, 2.75) is 0 Å². The van der Waals surface area contributed by atoms with Gasteiger partial charge in [0.05, 0.1) is 16.0 Å². The number of fused-ring (bicyclic) bond motifs is 1. The predicted octanol–water partition coefficient (Wildman–Crippen LogP) is 3.60. The van der Waals surface area contributed by atoms with E-state index < -0.39 is 0 Å². The molecule has 2 aromatic carbocycles. The molecule has 1 aliphatic heterocycles. The minimum Gasteiger partial charge on any atom is -0.506 e. The number of nitrogens with zero attached hydrogens (tertiary/aromatic N) is 4. The van der Waals surface area contributed by atoms with E-state index in [1.165, 1.54) is 4.80 Å². The summed E-state index contributed by atoms with van der Waals surface area (Å²) in [6.07, 6.45) is 1.77. The van der Waals surface area contributed by atoms with Crippen LogP contribution in [0.2, 0.25) is 0 Å². The highest BCUT2D eigenvalue weighted by Gasteiger charge is 2.25. The number of phenolic OH excluding ortho intramolecular Hbond substituents is 1. The van der Waals surface area contributed by atoms with Crippen molar-refractivity contribution in [1.82, 2.24) is 20.2 Å². The summed E-state index contributed by atoms with van der Waals surface area (Å²) in [5.41, 5.74) is 3.55. The lowest BCUT2D eigenvalue weighted by Crippen LogP contribution is -2.03. The van der Waals surface area contributed by atoms with E-state index in [0.717, 1.165) is 22.4 Å². The predicted molar refractivity (Wildman–Crippen MR) is 104 cm³/mol. The first-order valence-corrected chi connectivity index (χ1v) is 9.11. The van der Waals surface area contributed by atoms with Crippen LogP contribution < -0.4 is 5.32 Å². The Kier molecular flexibility index (Phi) is 4.12. The molecule has 0 saturated carbocycles. The Bertz CT molecular complexity index is 1070. The number of carbonyl (C=O) groups is 1. The second-order valence-corrected chi connectivity index (χ2v) is 7.42. The van der Waals surface area contributed by atoms with E-state index in [0.29, 0.717) is 20.3 Å². The summed E-state index contributed by atoms with van der Waals surface area (Å²) in [5, 5.41) is 24.7. The molecule has 1 amide bonds. The highest BCUT2D eigenvalue weighted by Crippen LogP contribution is 2.38. The molecule has 1 aromatic heterocycles. The SMILES string of the molecule is Cn1nnc(-c2ccc3c(c2)C(=Cc2cc(Br)c(O)c(Br)c2)C(=O)N3)n1. The van der Waals surface area contributed by atoms with Gasteiger partial charge in [-0.1, -0.05) is 0 Å². The third kappa shape index (κ3) is 2.93. The zero-order valence-electron chi connectivity index (χ0n) is 13.4. The van der Waals surface area contributed by atoms with Crippen molar-refractivity contribution in [2.24, 2.45) is 7.05 Å². The zero-order valence-corrected chi connectivity index (χ0v) is 16.5. The molecule has 0 fully saturated rings. The van der Waals surface area contributed by atoms with E-state index >= 15 is 0 Å². The number of benzene rings is 2. The summed E-state index contributed by atoms with van der Waals surface area (Å²) in [6.45, 7) is 0. The quantitative estimate of drug-likeness (QED) is 0.551. The lowest BCUT2D eigenvalue weighted by molar-refractivity contribution is -0.110. The maximum atomic E-state index is 12.4. The van der Waals surface area contributed by atoms with Crippen molar-refractivity contribution in [3.8, 4) is 17.1 Å². The average molecular weight is 477 g/mol. The summed E-state index contributed by atoms with van der Waals surface area (Å²) in [7, 11) is 1.70. The van der Waals surface area contributed by atoms with E-state index in [1.807, 2.05) is 18.2 Å². The molecule has 4 rings (SSSR count). The number of amides is 1. The van der Waals surface area contributed by atoms with Gasteiger partial charge in [0, 0.05) is 22.4 Å². The van der Waals surface area contributed by atoms with Gasteiger partial charge in [-0.05, 0) is 79.0 Å². The van der Waals surface area contributed by atoms with Crippen molar-refractivity contribution >= 4 is 55.1 Å². The van der Waals surface area contributed by atoms with Crippen LogP contribution in [0.1, 0.15) is 11.1 Å². The number of tetrazole rings is 1. The number of aromatic nitrogens is 4. The molecule has 7 nitrogen and oxygen atoms in total. The maximum absolute atomic E-state index is 12.4. The third-order valence-corrected chi connectivity index (χ3v) is 5.13. The largest absolute Gasteiger partial charge is 0.506 e. The number of hydrogen-bond donors (Lipinski definition) is 2. The molecule has 2 heterocycles. The second kappa shape index (κ2) is 6.33. The van der Waals surface area contributed by atoms with Gasteiger partial charge in [-0.25, -0.2) is 0 Å². The molecule has 9 heteroatoms. The van der Waals surface area contributed by atoms with Crippen LogP contribution in [0.5, 0.6) is 5.75 Å². The number of rotatable bonds is 2. The van der Waals surface area contributed by atoms with E-state index in [-0.39, 0.29) is 11.7 Å². The molecule has 3 aromatic rings. The van der Waals surface area contributed by atoms with Crippen LogP contribution in [0.15, 0.2) is 39.3 Å². The zero-order chi connectivity index (χ0) is 18.4. The van der Waals surface area contributed by atoms with E-state index in [2.05, 4.69) is 52.6 Å². The molecule has 0 unspecified atom stereocenters. The highest BCUT2D eigenvalue weighted by atomic mass is 79.9. The van der Waals surface area contributed by atoms with Crippen molar-refractivity contribution in [1.29, 1.82) is 0 Å². The number of phenols is 1. The number of aryl methyl sites for hydroxylation is 1. The standard InChI is InChI=1S/C17H11Br2N5O2/c1-24-22-16(21-23-24)9-2-3-14-10(7-9)11(17(26)20-14)4-8-5-12(18)15(25)13(19)6-8/h2-7,25H,1H3,(H,20,26). The van der Waals surface area contributed by atoms with E-state index in [1.54, 1.807) is 25.3 Å². The molecule has 0 bridgehead atoms. The molecular weight excluding hydrogens is 466 g/mol. The third-order valence-electron chi connectivity index (χ3n) is 3.92. The second-order valence-electron chi connectivity index (χ2n) is 5.71. The fourth-order valence-corrected chi connectivity index (χ4v) is 3.93. The minimum absolute atomic E-state index is 0.111. The topological polar surface area (TPSA) is 92.9 Å². The van der Waals surface area contributed by atoms with Crippen molar-refractivity contribution in [3.63, 3.8) is 0 Å². The van der Waals surface area contributed by atoms with Gasteiger partial charge in [0.25, 0.3) is 5.91 Å². The van der Waals surface area contributed by atoms with Gasteiger partial charge in [0.2, 0.25) is 5.82 Å². The lowest BCUT2D eigenvalue weighted by atomic mass is 10.0. The molecule has 1 aliphatic rings. The first-order valence-electron chi connectivity index (χ1n) is 7.52. The molecule has 130 valence electrons. The number of aromatic hydroxyl groups is 1. The average Bonchev–Trinajstić information content (AvgIpc) is 3.16. The Balaban J connectivity index is 1.81. The van der Waals surface area contributed by atoms with Gasteiger partial charge in [0.15, 0.2) is 0 Å². The highest BCUT2D eigenvalue weighted by molar-refractivity contribution is 9.11. The molecule has 26 heavy (non-hydrogen) atoms. The maximum Gasteiger partial charge on any atom is 0.256 e. The fourth-order valence-electron chi connectivity index (χ4n) is 2.71. The van der Waals surface area contributed by atoms with Crippen LogP contribution >= 0.6 is 31.9 Å². The number of halogens is 2. The monoisotopic (exact) mass is 475 g/mol. The van der Waals surface area contributed by atoms with Crippen LogP contribution in [-0.2, 0) is 11.8 Å². The molecule has 0 aliphatic carbocycles. The van der Waals surface area contributed by atoms with Crippen molar-refractivity contribution < 1.29 is 9.90 Å². The first-order chi connectivity index (χ1) is 12.4. The van der Waals surface area contributed by atoms with Gasteiger partial charge in [-0.2, -0.15) is 4.80 Å². The van der Waals surface area contributed by atoms with Gasteiger partial charge in [-0.15, -0.1) is 10.2 Å². The smallest absolute Gasteiger partial charge is 0.256 e. The molecule has 0 spiro atoms. The summed E-state index contributed by atoms with van der Waals surface area (Å²) in [6, 6.07) is 9.01. The summed E-state index contributed by atoms with van der Waals surface area (Å²) in [5.74, 6) is 0.410. The van der Waals surface area contributed by atoms with Gasteiger partial charge < -0.3 is 10.4 Å². The Morgan fingerprint density at radius 3 is 2.58 bits per heavy atom. The molecule has 0 saturated heterocycles. The molecular formula is C17H11Br2N5O2. The van der Waals surface area contributed by atoms with Crippen LogP contribution in [0.4, 0.5) is 5.69 Å². The van der Waals surface area contributed by atoms with Crippen LogP contribution in [0, 0.1) is 0 Å². The first kappa shape index (κ1) is 16.9. The van der Waals surface area contributed by atoms with Crippen molar-refractivity contribution in [2.75, 3.05) is 5.32 Å². The van der Waals surface area contributed by atoms with Gasteiger partial charge in [-0.3, -0.25) is 4.79 Å². The molecule has 0 atom stereocenters. The van der Waals surface area contributed by atoms with Crippen LogP contribution in [0.3, 0.4) is 0 Å². The van der Waals surface area contributed by atoms with Crippen LogP contribution in [-0.4, -0.2) is 31.2 Å². The van der Waals surface area contributed by atoms with Crippen molar-refractivity contribution in [3.05, 3.63) is 50.4 Å². The summed E-state index contributed by atoms with van der Waals surface area (Å²) < 4.78 is 1.07. The number of hydrogen-bond acceptors (Lipinski definition) is 5. The van der Waals surface area contributed by atoms with Gasteiger partial charge >= 0.3 is 0 Å². The van der Waals surface area contributed by atoms with E-state index in [9.17, 15) is 9.90 Å². The van der Waals surface area contributed by atoms with Gasteiger partial charge in [0.1, 0.15) is 5.75 Å². The molecule has 0 radical (unpaired) electrons. The Morgan fingerprint density at radius 1 is 1.19 bits per heavy atom. The fraction of sp³-hybridized carbons (Fsp3) is 0.0588. The normalized spacial score (nSPS) is 14.6. The Hall–Kier alpha value is -2.52. The summed E-state index contributed by atoms with van der Waals surface area (Å²) >= 11 is 6.60. The van der Waals surface area contributed by atoms with E-state index in [4.69, 9.17) is 0 Å². The lowest BCUT2D eigenvalue weighted by Gasteiger charge is -2.04. The number of nitrogens with one attached hydrogen (secondary N) is 1. The molecule has 2 N–H and O–H groups in total. The summed E-state index contributed by atoms with van der Waals surface area (Å²) in [4.78, 5) is 13.8.